The van der Waals surface area contributed by atoms with E-state index in [1.807, 2.05) is 0 Å². The predicted octanol–water partition coefficient (Wildman–Crippen LogP) is -1.66. The molecule has 0 rings (SSSR count). The zero-order valence-corrected chi connectivity index (χ0v) is 6.18. The molecule has 0 heterocycles. The van der Waals surface area contributed by atoms with Crippen LogP contribution in [-0.2, 0) is 4.79 Å². The van der Waals surface area contributed by atoms with Crippen molar-refractivity contribution in [1.29, 1.82) is 0 Å². The zero-order chi connectivity index (χ0) is 10.7. The van der Waals surface area contributed by atoms with E-state index in [2.05, 4.69) is 5.43 Å². The fourth-order valence-electron chi connectivity index (χ4n) is 0.437. The first kappa shape index (κ1) is 5.09. The summed E-state index contributed by atoms with van der Waals surface area (Å²) in [5, 5.41) is 10.0. The van der Waals surface area contributed by atoms with Gasteiger partial charge in [0, 0.05) is 18.9 Å². The van der Waals surface area contributed by atoms with Gasteiger partial charge in [-0.1, -0.05) is 0 Å². The van der Waals surface area contributed by atoms with Crippen LogP contribution in [0.3, 0.4) is 0 Å². The smallest absolute Gasteiger partial charge is 0.0905 e. The van der Waals surface area contributed by atoms with Gasteiger partial charge in [-0.2, -0.15) is 5.43 Å². The van der Waals surface area contributed by atoms with Crippen molar-refractivity contribution < 1.29 is 18.6 Å². The summed E-state index contributed by atoms with van der Waals surface area (Å²) in [5.41, 5.74) is 2.58. The third-order valence-corrected chi connectivity index (χ3v) is 0.836. The number of carboxylic acid groups (broad SMARTS) is 1. The molecule has 4 nitrogen and oxygen atoms in total. The first-order chi connectivity index (χ1) is 5.67. The molecule has 0 aromatic heterocycles. The Labute approximate surface area is 65.2 Å². The van der Waals surface area contributed by atoms with Gasteiger partial charge in [0.05, 0.1) is 25.2 Å². The Morgan fingerprint density at radius 2 is 2.40 bits per heavy atom. The van der Waals surface area contributed by atoms with E-state index < -0.39 is 17.5 Å². The number of carbonyl (C=O) groups is 1. The van der Waals surface area contributed by atoms with Gasteiger partial charge in [-0.05, 0) is 0 Å². The third-order valence-electron chi connectivity index (χ3n) is 0.836. The van der Waals surface area contributed by atoms with Crippen LogP contribution in [-0.4, -0.2) is 38.2 Å². The summed E-state index contributed by atoms with van der Waals surface area (Å²) in [5.74, 6) is -1.20. The highest BCUT2D eigenvalue weighted by molar-refractivity contribution is 5.64. The summed E-state index contributed by atoms with van der Waals surface area (Å²) in [6.45, 7) is -2.13. The highest BCUT2D eigenvalue weighted by Gasteiger charge is 2.03. The lowest BCUT2D eigenvalue weighted by molar-refractivity contribution is -0.915. The number of nitrogens with one attached hydrogen (secondary N) is 1. The minimum atomic E-state index is -2.20. The number of rotatable bonds is 4. The molecule has 0 bridgehead atoms. The largest absolute Gasteiger partial charge is 0.550 e. The molecule has 0 radical (unpaired) electrons. The van der Waals surface area contributed by atoms with Gasteiger partial charge in [0.2, 0.25) is 0 Å². The van der Waals surface area contributed by atoms with Gasteiger partial charge in [-0.25, -0.2) is 0 Å². The van der Waals surface area contributed by atoms with Crippen LogP contribution in [0.1, 0.15) is 10.5 Å². The van der Waals surface area contributed by atoms with E-state index in [0.29, 0.717) is 0 Å². The molecule has 0 spiro atoms. The molecule has 0 aromatic rings. The number of nitrogens with zero attached hydrogens (tertiary/aromatic N) is 1. The van der Waals surface area contributed by atoms with Crippen molar-refractivity contribution in [2.45, 2.75) is 6.42 Å². The standard InChI is InChI=1S/C6H14N2O2/c1-8(2,3)7-5-4-6(9)10/h7H,4-5H2,1-3H3/i1D3. The Morgan fingerprint density at radius 3 is 2.80 bits per heavy atom. The molecule has 0 fully saturated rings. The highest BCUT2D eigenvalue weighted by atomic mass is 16.4. The molecule has 0 aliphatic heterocycles. The number of quaternary nitrogens is 1. The predicted molar refractivity (Wildman–Crippen MR) is 35.7 cm³/mol. The lowest BCUT2D eigenvalue weighted by atomic mass is 10.4. The Morgan fingerprint density at radius 1 is 1.80 bits per heavy atom. The van der Waals surface area contributed by atoms with Crippen molar-refractivity contribution >= 4 is 5.97 Å². The first-order valence-electron chi connectivity index (χ1n) is 4.46. The van der Waals surface area contributed by atoms with Crippen molar-refractivity contribution in [2.75, 3.05) is 27.6 Å². The maximum atomic E-state index is 10.0. The van der Waals surface area contributed by atoms with Crippen LogP contribution in [0, 0.1) is 0 Å². The average molecular weight is 149 g/mol. The number of hydrogen-bond donors (Lipinski definition) is 1. The second kappa shape index (κ2) is 3.53. The lowest BCUT2D eigenvalue weighted by Crippen LogP contribution is -2.49. The number of carbonyl (C=O) groups excluding carboxylic acids is 1. The van der Waals surface area contributed by atoms with E-state index in [4.69, 9.17) is 4.11 Å². The molecule has 0 aliphatic rings. The van der Waals surface area contributed by atoms with Gasteiger partial charge in [0.1, 0.15) is 0 Å². The molecule has 0 unspecified atom stereocenters. The van der Waals surface area contributed by atoms with E-state index in [1.54, 1.807) is 0 Å². The van der Waals surface area contributed by atoms with Crippen molar-refractivity contribution in [3.05, 3.63) is 0 Å². The SMILES string of the molecule is [2H]C([2H])([2H])[N+](C)(C)NCCC(=O)[O-]. The highest BCUT2D eigenvalue weighted by Crippen LogP contribution is 1.81. The van der Waals surface area contributed by atoms with Crippen LogP contribution in [0.4, 0.5) is 0 Å². The molecule has 0 saturated heterocycles. The fraction of sp³-hybridized carbons (Fsp3) is 0.833. The fourth-order valence-corrected chi connectivity index (χ4v) is 0.437. The molecule has 60 valence electrons. The second-order valence-electron chi connectivity index (χ2n) is 2.48. The number of aliphatic carboxylic acids is 1. The molecule has 4 heteroatoms. The Bertz CT molecular complexity index is 191. The molecular weight excluding hydrogens is 132 g/mol. The average Bonchev–Trinajstić information content (AvgIpc) is 1.82. The summed E-state index contributed by atoms with van der Waals surface area (Å²) >= 11 is 0. The van der Waals surface area contributed by atoms with E-state index in [-0.39, 0.29) is 13.0 Å². The first-order valence-corrected chi connectivity index (χ1v) is 2.96. The summed E-state index contributed by atoms with van der Waals surface area (Å²) in [4.78, 5) is 10.0. The lowest BCUT2D eigenvalue weighted by Gasteiger charge is -2.23. The molecule has 0 amide bonds. The monoisotopic (exact) mass is 149 g/mol. The Kier molecular flexibility index (Phi) is 1.80. The normalized spacial score (nSPS) is 17.2. The molecule has 0 aromatic carbocycles. The van der Waals surface area contributed by atoms with Crippen LogP contribution in [0.2, 0.25) is 0 Å². The summed E-state index contributed by atoms with van der Waals surface area (Å²) < 4.78 is 20.9. The Hall–Kier alpha value is -0.610. The van der Waals surface area contributed by atoms with E-state index in [9.17, 15) is 9.90 Å². The summed E-state index contributed by atoms with van der Waals surface area (Å²) in [7, 11) is 2.89. The van der Waals surface area contributed by atoms with Crippen molar-refractivity contribution in [3.63, 3.8) is 0 Å². The topological polar surface area (TPSA) is 52.2 Å². The molecule has 0 atom stereocenters. The second-order valence-corrected chi connectivity index (χ2v) is 2.48. The maximum absolute atomic E-state index is 10.0. The molecule has 0 saturated carbocycles. The molecule has 10 heavy (non-hydrogen) atoms. The summed E-state index contributed by atoms with van der Waals surface area (Å²) in [6, 6.07) is 0. The van der Waals surface area contributed by atoms with Crippen LogP contribution in [0.5, 0.6) is 0 Å². The van der Waals surface area contributed by atoms with E-state index >= 15 is 0 Å². The zero-order valence-electron chi connectivity index (χ0n) is 9.18. The van der Waals surface area contributed by atoms with Crippen molar-refractivity contribution in [3.8, 4) is 0 Å². The number of carboxylic acids is 1. The van der Waals surface area contributed by atoms with E-state index in [0.717, 1.165) is 0 Å². The molecule has 0 aliphatic carbocycles. The van der Waals surface area contributed by atoms with Gasteiger partial charge in [-0.15, -0.1) is 0 Å². The molecular formula is C6H14N2O2. The van der Waals surface area contributed by atoms with Crippen LogP contribution >= 0.6 is 0 Å². The van der Waals surface area contributed by atoms with Gasteiger partial charge in [0.15, 0.2) is 0 Å². The van der Waals surface area contributed by atoms with Crippen LogP contribution < -0.4 is 10.5 Å². The van der Waals surface area contributed by atoms with Gasteiger partial charge < -0.3 is 9.90 Å². The van der Waals surface area contributed by atoms with Gasteiger partial charge in [-0.3, -0.25) is 4.59 Å². The quantitative estimate of drug-likeness (QED) is 0.384. The number of hydrogen-bond acceptors (Lipinski definition) is 3. The minimum Gasteiger partial charge on any atom is -0.550 e. The van der Waals surface area contributed by atoms with Gasteiger partial charge in [0.25, 0.3) is 0 Å². The van der Waals surface area contributed by atoms with Crippen molar-refractivity contribution in [1.82, 2.24) is 5.43 Å². The van der Waals surface area contributed by atoms with Crippen LogP contribution in [0.25, 0.3) is 0 Å². The summed E-state index contributed by atoms with van der Waals surface area (Å²) in [6.07, 6.45) is -0.197. The van der Waals surface area contributed by atoms with Crippen LogP contribution in [0.15, 0.2) is 0 Å². The Balaban J connectivity index is 3.97. The minimum absolute atomic E-state index is 0.0771. The van der Waals surface area contributed by atoms with Gasteiger partial charge >= 0.3 is 0 Å². The maximum Gasteiger partial charge on any atom is 0.0905 e. The molecule has 1 N–H and O–H groups in total. The van der Waals surface area contributed by atoms with Crippen molar-refractivity contribution in [2.24, 2.45) is 0 Å². The van der Waals surface area contributed by atoms with E-state index in [1.165, 1.54) is 14.1 Å². The third kappa shape index (κ3) is 7.39.